The summed E-state index contributed by atoms with van der Waals surface area (Å²) in [5.74, 6) is 0.137. The zero-order valence-corrected chi connectivity index (χ0v) is 11.4. The van der Waals surface area contributed by atoms with Crippen LogP contribution in [0.25, 0.3) is 0 Å². The highest BCUT2D eigenvalue weighted by molar-refractivity contribution is 5.73. The van der Waals surface area contributed by atoms with E-state index in [1.165, 1.54) is 26.0 Å². The summed E-state index contributed by atoms with van der Waals surface area (Å²) in [6.45, 7) is 0.862. The minimum atomic E-state index is -0.475. The molecule has 0 bridgehead atoms. The van der Waals surface area contributed by atoms with E-state index in [-0.39, 0.29) is 12.4 Å². The van der Waals surface area contributed by atoms with Crippen LogP contribution in [0.2, 0.25) is 0 Å². The predicted molar refractivity (Wildman–Crippen MR) is 74.8 cm³/mol. The topological polar surface area (TPSA) is 65.0 Å². The first kappa shape index (κ1) is 15.3. The molecule has 0 unspecified atom stereocenters. The molecule has 0 amide bonds. The third-order valence-corrected chi connectivity index (χ3v) is 2.52. The van der Waals surface area contributed by atoms with Gasteiger partial charge in [-0.1, -0.05) is 30.3 Å². The van der Waals surface area contributed by atoms with Crippen LogP contribution >= 0.6 is 0 Å². The second-order valence-electron chi connectivity index (χ2n) is 3.94. The maximum atomic E-state index is 9.60. The molecule has 0 aliphatic carbocycles. The second-order valence-corrected chi connectivity index (χ2v) is 3.94. The molecule has 5 nitrogen and oxygen atoms in total. The molecule has 1 aromatic carbocycles. The highest BCUT2D eigenvalue weighted by Gasteiger charge is 2.02. The first-order valence-corrected chi connectivity index (χ1v) is 6.14. The number of rotatable bonds is 8. The Bertz CT molecular complexity index is 400. The molecule has 0 aliphatic rings. The molecule has 5 heteroatoms. The molecular weight excluding hydrogens is 244 g/mol. The van der Waals surface area contributed by atoms with E-state index in [1.807, 2.05) is 18.2 Å². The van der Waals surface area contributed by atoms with Gasteiger partial charge >= 0.3 is 5.90 Å². The Morgan fingerprint density at radius 3 is 2.63 bits per heavy atom. The average Bonchev–Trinajstić information content (AvgIpc) is 2.45. The van der Waals surface area contributed by atoms with Gasteiger partial charge in [0.25, 0.3) is 0 Å². The van der Waals surface area contributed by atoms with E-state index in [0.29, 0.717) is 6.54 Å². The fourth-order valence-corrected chi connectivity index (χ4v) is 1.49. The third-order valence-electron chi connectivity index (χ3n) is 2.52. The summed E-state index contributed by atoms with van der Waals surface area (Å²) in [4.78, 5) is 6.93. The number of methoxy groups -OCH3 is 2. The number of hydrogen-bond donors (Lipinski definition) is 2. The fraction of sp³-hybridized carbons (Fsp3) is 0.429. The number of aliphatic hydroxyl groups is 1. The number of nitrogens with one attached hydrogen (secondary N) is 1. The molecule has 0 aromatic heterocycles. The van der Waals surface area contributed by atoms with Crippen molar-refractivity contribution in [1.29, 1.82) is 0 Å². The van der Waals surface area contributed by atoms with Gasteiger partial charge in [0.15, 0.2) is 12.8 Å². The number of benzene rings is 1. The van der Waals surface area contributed by atoms with Gasteiger partial charge in [0.1, 0.15) is 6.54 Å². The van der Waals surface area contributed by atoms with Crippen molar-refractivity contribution in [2.45, 2.75) is 12.7 Å². The first-order chi connectivity index (χ1) is 9.26. The van der Waals surface area contributed by atoms with E-state index in [2.05, 4.69) is 22.1 Å². The molecule has 0 radical (unpaired) electrons. The van der Waals surface area contributed by atoms with Crippen molar-refractivity contribution in [3.8, 4) is 0 Å². The Morgan fingerprint density at radius 2 is 2.00 bits per heavy atom. The van der Waals surface area contributed by atoms with E-state index < -0.39 is 6.29 Å². The molecule has 1 aromatic rings. The van der Waals surface area contributed by atoms with E-state index >= 15 is 0 Å². The van der Waals surface area contributed by atoms with E-state index in [1.54, 1.807) is 0 Å². The van der Waals surface area contributed by atoms with Crippen molar-refractivity contribution in [1.82, 2.24) is 0 Å². The molecule has 0 atom stereocenters. The third kappa shape index (κ3) is 6.69. The van der Waals surface area contributed by atoms with E-state index in [0.717, 1.165) is 6.42 Å². The summed E-state index contributed by atoms with van der Waals surface area (Å²) in [6.07, 6.45) is 1.89. The van der Waals surface area contributed by atoms with Gasteiger partial charge in [-0.3, -0.25) is 4.99 Å². The largest absolute Gasteiger partial charge is 0.462 e. The van der Waals surface area contributed by atoms with Gasteiger partial charge in [-0.2, -0.15) is 0 Å². The fourth-order valence-electron chi connectivity index (χ4n) is 1.49. The summed E-state index contributed by atoms with van der Waals surface area (Å²) in [5, 5.41) is 9.60. The van der Waals surface area contributed by atoms with Crippen LogP contribution in [-0.4, -0.2) is 50.8 Å². The van der Waals surface area contributed by atoms with Crippen LogP contribution in [-0.2, 0) is 15.9 Å². The molecule has 0 heterocycles. The molecule has 0 saturated carbocycles. The number of hydrogen-bond acceptors (Lipinski definition) is 3. The summed E-state index contributed by atoms with van der Waals surface area (Å²) >= 11 is 0. The smallest absolute Gasteiger partial charge is 0.354 e. The lowest BCUT2D eigenvalue weighted by atomic mass is 10.2. The van der Waals surface area contributed by atoms with Gasteiger partial charge in [-0.15, -0.1) is 0 Å². The Labute approximate surface area is 113 Å². The van der Waals surface area contributed by atoms with Crippen molar-refractivity contribution in [2.75, 3.05) is 27.3 Å². The van der Waals surface area contributed by atoms with Gasteiger partial charge in [0, 0.05) is 20.6 Å². The molecule has 0 fully saturated rings. The van der Waals surface area contributed by atoms with Crippen LogP contribution in [0.4, 0.5) is 0 Å². The van der Waals surface area contributed by atoms with Crippen molar-refractivity contribution in [2.24, 2.45) is 4.99 Å². The number of ether oxygens (including phenoxy) is 2. The molecule has 0 saturated heterocycles. The van der Waals surface area contributed by atoms with Crippen LogP contribution < -0.4 is 4.99 Å². The number of aliphatic hydroxyl groups excluding tert-OH is 1. The van der Waals surface area contributed by atoms with Crippen LogP contribution in [0.15, 0.2) is 35.3 Å². The SMILES string of the molecule is COC(C=NCC(O)=[NH+]CCc1ccccc1)OC. The van der Waals surface area contributed by atoms with Crippen LogP contribution in [0.3, 0.4) is 0 Å². The summed E-state index contributed by atoms with van der Waals surface area (Å²) in [5.41, 5.74) is 1.23. The molecule has 104 valence electrons. The van der Waals surface area contributed by atoms with Crippen molar-refractivity contribution >= 4 is 12.1 Å². The molecule has 19 heavy (non-hydrogen) atoms. The number of aliphatic imine (C=N–C) groups is 1. The van der Waals surface area contributed by atoms with E-state index in [9.17, 15) is 5.11 Å². The van der Waals surface area contributed by atoms with Crippen LogP contribution in [0, 0.1) is 0 Å². The maximum Gasteiger partial charge on any atom is 0.354 e. The highest BCUT2D eigenvalue weighted by atomic mass is 16.7. The van der Waals surface area contributed by atoms with Gasteiger partial charge < -0.3 is 14.6 Å². The summed E-state index contributed by atoms with van der Waals surface area (Å²) in [7, 11) is 3.06. The minimum absolute atomic E-state index is 0.137. The molecule has 2 N–H and O–H groups in total. The molecule has 0 spiro atoms. The standard InChI is InChI=1S/C14H20N2O3/c1-18-14(19-2)11-15-10-13(17)16-9-8-12-6-4-3-5-7-12/h3-7,11,14H,8-10H2,1-2H3,(H,16,17)/p+1. The average molecular weight is 265 g/mol. The quantitative estimate of drug-likeness (QED) is 0.394. The van der Waals surface area contributed by atoms with Gasteiger partial charge in [-0.05, 0) is 5.56 Å². The predicted octanol–water partition coefficient (Wildman–Crippen LogP) is -0.0441. The Kier molecular flexibility index (Phi) is 7.46. The lowest BCUT2D eigenvalue weighted by molar-refractivity contribution is -0.466. The molecule has 1 rings (SSSR count). The lowest BCUT2D eigenvalue weighted by Crippen LogP contribution is -2.74. The zero-order valence-electron chi connectivity index (χ0n) is 11.4. The molecular formula is C14H21N2O3+. The Balaban J connectivity index is 2.29. The van der Waals surface area contributed by atoms with Crippen LogP contribution in [0.1, 0.15) is 5.56 Å². The van der Waals surface area contributed by atoms with Crippen molar-refractivity contribution in [3.63, 3.8) is 0 Å². The molecule has 0 aliphatic heterocycles. The summed E-state index contributed by atoms with van der Waals surface area (Å²) in [6, 6.07) is 10.1. The monoisotopic (exact) mass is 265 g/mol. The summed E-state index contributed by atoms with van der Waals surface area (Å²) < 4.78 is 9.87. The van der Waals surface area contributed by atoms with Gasteiger partial charge in [-0.25, -0.2) is 4.99 Å². The van der Waals surface area contributed by atoms with Crippen LogP contribution in [0.5, 0.6) is 0 Å². The van der Waals surface area contributed by atoms with Crippen molar-refractivity contribution in [3.05, 3.63) is 35.9 Å². The first-order valence-electron chi connectivity index (χ1n) is 6.14. The number of nitrogens with zero attached hydrogens (tertiary/aromatic N) is 1. The maximum absolute atomic E-state index is 9.60. The second kappa shape index (κ2) is 9.24. The normalized spacial score (nSPS) is 12.5. The highest BCUT2D eigenvalue weighted by Crippen LogP contribution is 1.96. The van der Waals surface area contributed by atoms with E-state index in [4.69, 9.17) is 9.47 Å². The van der Waals surface area contributed by atoms with Gasteiger partial charge in [0.2, 0.25) is 0 Å². The Hall–Kier alpha value is -1.72. The Morgan fingerprint density at radius 1 is 1.32 bits per heavy atom. The lowest BCUT2D eigenvalue weighted by Gasteiger charge is -2.05. The minimum Gasteiger partial charge on any atom is -0.462 e. The zero-order chi connectivity index (χ0) is 13.9. The van der Waals surface area contributed by atoms with Crippen molar-refractivity contribution < 1.29 is 19.6 Å². The van der Waals surface area contributed by atoms with Gasteiger partial charge in [0.05, 0.1) is 6.21 Å².